The van der Waals surface area contributed by atoms with Crippen molar-refractivity contribution in [1.82, 2.24) is 4.90 Å². The molecular weight excluding hydrogens is 322 g/mol. The van der Waals surface area contributed by atoms with Crippen LogP contribution in [0.2, 0.25) is 0 Å². The average molecular weight is 349 g/mol. The SMILES string of the molecule is COc1cc(CC(=O)N2CC(C)OC(C3CC3)C2)cc(OC)c1OC. The zero-order valence-electron chi connectivity index (χ0n) is 15.4. The fourth-order valence-electron chi connectivity index (χ4n) is 3.44. The first-order chi connectivity index (χ1) is 12.0. The molecule has 1 saturated carbocycles. The zero-order chi connectivity index (χ0) is 18.0. The topological polar surface area (TPSA) is 57.2 Å². The van der Waals surface area contributed by atoms with Crippen molar-refractivity contribution in [3.63, 3.8) is 0 Å². The van der Waals surface area contributed by atoms with E-state index in [0.29, 0.717) is 42.7 Å². The molecule has 2 unspecified atom stereocenters. The molecule has 1 aliphatic carbocycles. The minimum absolute atomic E-state index is 0.0863. The number of hydrogen-bond donors (Lipinski definition) is 0. The van der Waals surface area contributed by atoms with E-state index < -0.39 is 0 Å². The Bertz CT molecular complexity index is 603. The number of nitrogens with zero attached hydrogens (tertiary/aromatic N) is 1. The summed E-state index contributed by atoms with van der Waals surface area (Å²) in [5.74, 6) is 2.40. The Hall–Kier alpha value is -1.95. The van der Waals surface area contributed by atoms with E-state index in [1.165, 1.54) is 12.8 Å². The van der Waals surface area contributed by atoms with E-state index in [0.717, 1.165) is 5.56 Å². The molecule has 0 aromatic heterocycles. The summed E-state index contributed by atoms with van der Waals surface area (Å²) in [6, 6.07) is 3.67. The van der Waals surface area contributed by atoms with E-state index in [1.807, 2.05) is 24.0 Å². The number of benzene rings is 1. The van der Waals surface area contributed by atoms with Crippen LogP contribution in [0.3, 0.4) is 0 Å². The summed E-state index contributed by atoms with van der Waals surface area (Å²) >= 11 is 0. The maximum Gasteiger partial charge on any atom is 0.227 e. The van der Waals surface area contributed by atoms with Gasteiger partial charge in [0.1, 0.15) is 0 Å². The van der Waals surface area contributed by atoms with Crippen LogP contribution in [0.4, 0.5) is 0 Å². The highest BCUT2D eigenvalue weighted by Gasteiger charge is 2.38. The Morgan fingerprint density at radius 1 is 1.12 bits per heavy atom. The maximum atomic E-state index is 12.8. The van der Waals surface area contributed by atoms with E-state index in [1.54, 1.807) is 21.3 Å². The summed E-state index contributed by atoms with van der Waals surface area (Å²) in [4.78, 5) is 14.7. The van der Waals surface area contributed by atoms with E-state index in [4.69, 9.17) is 18.9 Å². The van der Waals surface area contributed by atoms with Gasteiger partial charge in [-0.1, -0.05) is 0 Å². The van der Waals surface area contributed by atoms with Gasteiger partial charge in [0.25, 0.3) is 0 Å². The molecule has 0 N–H and O–H groups in total. The summed E-state index contributed by atoms with van der Waals surface area (Å²) in [6.45, 7) is 3.37. The Kier molecular flexibility index (Phi) is 5.37. The molecule has 0 spiro atoms. The second-order valence-electron chi connectivity index (χ2n) is 6.83. The van der Waals surface area contributed by atoms with Crippen LogP contribution >= 0.6 is 0 Å². The largest absolute Gasteiger partial charge is 0.493 e. The molecule has 2 fully saturated rings. The van der Waals surface area contributed by atoms with Gasteiger partial charge in [-0.2, -0.15) is 0 Å². The van der Waals surface area contributed by atoms with Crippen LogP contribution in [-0.2, 0) is 16.0 Å². The van der Waals surface area contributed by atoms with Gasteiger partial charge in [0.05, 0.1) is 40.0 Å². The predicted molar refractivity (Wildman–Crippen MR) is 93.4 cm³/mol. The number of methoxy groups -OCH3 is 3. The monoisotopic (exact) mass is 349 g/mol. The lowest BCUT2D eigenvalue weighted by Crippen LogP contribution is -2.50. The van der Waals surface area contributed by atoms with Crippen LogP contribution < -0.4 is 14.2 Å². The van der Waals surface area contributed by atoms with E-state index in [2.05, 4.69) is 0 Å². The first-order valence-corrected chi connectivity index (χ1v) is 8.77. The van der Waals surface area contributed by atoms with Gasteiger partial charge in [0.2, 0.25) is 11.7 Å². The van der Waals surface area contributed by atoms with Crippen LogP contribution in [0.15, 0.2) is 12.1 Å². The molecule has 0 bridgehead atoms. The quantitative estimate of drug-likeness (QED) is 0.789. The highest BCUT2D eigenvalue weighted by atomic mass is 16.5. The van der Waals surface area contributed by atoms with Crippen molar-refractivity contribution in [2.75, 3.05) is 34.4 Å². The summed E-state index contributed by atoms with van der Waals surface area (Å²) in [7, 11) is 4.72. The number of carbonyl (C=O) groups is 1. The molecule has 1 aromatic carbocycles. The van der Waals surface area contributed by atoms with E-state index in [-0.39, 0.29) is 18.1 Å². The van der Waals surface area contributed by atoms with Gasteiger partial charge < -0.3 is 23.8 Å². The molecule has 2 atom stereocenters. The lowest BCUT2D eigenvalue weighted by Gasteiger charge is -2.37. The Labute approximate surface area is 149 Å². The van der Waals surface area contributed by atoms with Gasteiger partial charge in [0, 0.05) is 13.1 Å². The molecule has 1 saturated heterocycles. The van der Waals surface area contributed by atoms with Crippen molar-refractivity contribution in [3.05, 3.63) is 17.7 Å². The summed E-state index contributed by atoms with van der Waals surface area (Å²) < 4.78 is 22.1. The van der Waals surface area contributed by atoms with Crippen LogP contribution in [0.25, 0.3) is 0 Å². The standard InChI is InChI=1S/C19H27NO5/c1-12-10-20(11-17(25-12)14-5-6-14)18(21)9-13-7-15(22-2)19(24-4)16(8-13)23-3/h7-8,12,14,17H,5-6,9-11H2,1-4H3. The molecule has 6 nitrogen and oxygen atoms in total. The molecule has 2 aliphatic rings. The van der Waals surface area contributed by atoms with Crippen LogP contribution in [-0.4, -0.2) is 57.4 Å². The number of carbonyl (C=O) groups excluding carboxylic acids is 1. The van der Waals surface area contributed by atoms with E-state index in [9.17, 15) is 4.79 Å². The summed E-state index contributed by atoms with van der Waals surface area (Å²) in [6.07, 6.45) is 3.01. The van der Waals surface area contributed by atoms with Crippen molar-refractivity contribution in [2.24, 2.45) is 5.92 Å². The first kappa shape index (κ1) is 17.9. The second-order valence-corrected chi connectivity index (χ2v) is 6.83. The Balaban J connectivity index is 1.73. The minimum Gasteiger partial charge on any atom is -0.493 e. The van der Waals surface area contributed by atoms with Gasteiger partial charge >= 0.3 is 0 Å². The molecule has 6 heteroatoms. The number of hydrogen-bond acceptors (Lipinski definition) is 5. The van der Waals surface area contributed by atoms with E-state index >= 15 is 0 Å². The predicted octanol–water partition coefficient (Wildman–Crippen LogP) is 2.28. The summed E-state index contributed by atoms with van der Waals surface area (Å²) in [5, 5.41) is 0. The molecule has 1 amide bonds. The van der Waals surface area contributed by atoms with Crippen LogP contribution in [0, 0.1) is 5.92 Å². The zero-order valence-corrected chi connectivity index (χ0v) is 15.4. The molecule has 0 radical (unpaired) electrons. The van der Waals surface area contributed by atoms with Gasteiger partial charge in [-0.25, -0.2) is 0 Å². The molecular formula is C19H27NO5. The lowest BCUT2D eigenvalue weighted by atomic mass is 10.1. The van der Waals surface area contributed by atoms with Crippen molar-refractivity contribution in [2.45, 2.75) is 38.4 Å². The third kappa shape index (κ3) is 4.00. The highest BCUT2D eigenvalue weighted by Crippen LogP contribution is 2.39. The van der Waals surface area contributed by atoms with Gasteiger partial charge in [0.15, 0.2) is 11.5 Å². The molecule has 138 valence electrons. The van der Waals surface area contributed by atoms with Crippen molar-refractivity contribution in [1.29, 1.82) is 0 Å². The van der Waals surface area contributed by atoms with Crippen LogP contribution in [0.1, 0.15) is 25.3 Å². The molecule has 3 rings (SSSR count). The smallest absolute Gasteiger partial charge is 0.227 e. The van der Waals surface area contributed by atoms with Crippen molar-refractivity contribution in [3.8, 4) is 17.2 Å². The minimum atomic E-state index is 0.0863. The van der Waals surface area contributed by atoms with Gasteiger partial charge in [-0.15, -0.1) is 0 Å². The first-order valence-electron chi connectivity index (χ1n) is 8.77. The molecule has 1 heterocycles. The third-order valence-electron chi connectivity index (χ3n) is 4.87. The fourth-order valence-corrected chi connectivity index (χ4v) is 3.44. The van der Waals surface area contributed by atoms with Gasteiger partial charge in [-0.05, 0) is 43.4 Å². The number of amides is 1. The molecule has 1 aliphatic heterocycles. The third-order valence-corrected chi connectivity index (χ3v) is 4.87. The van der Waals surface area contributed by atoms with Gasteiger partial charge in [-0.3, -0.25) is 4.79 Å². The lowest BCUT2D eigenvalue weighted by molar-refractivity contribution is -0.145. The average Bonchev–Trinajstić information content (AvgIpc) is 3.45. The Morgan fingerprint density at radius 2 is 1.76 bits per heavy atom. The number of morpholine rings is 1. The van der Waals surface area contributed by atoms with Crippen molar-refractivity contribution >= 4 is 5.91 Å². The normalized spacial score (nSPS) is 23.3. The maximum absolute atomic E-state index is 12.8. The molecule has 25 heavy (non-hydrogen) atoms. The van der Waals surface area contributed by atoms with Crippen LogP contribution in [0.5, 0.6) is 17.2 Å². The highest BCUT2D eigenvalue weighted by molar-refractivity contribution is 5.79. The number of ether oxygens (including phenoxy) is 4. The second kappa shape index (κ2) is 7.52. The Morgan fingerprint density at radius 3 is 2.28 bits per heavy atom. The van der Waals surface area contributed by atoms with Crippen molar-refractivity contribution < 1.29 is 23.7 Å². The fraction of sp³-hybridized carbons (Fsp3) is 0.632. The number of rotatable bonds is 6. The molecule has 1 aromatic rings. The summed E-state index contributed by atoms with van der Waals surface area (Å²) in [5.41, 5.74) is 0.849.